The summed E-state index contributed by atoms with van der Waals surface area (Å²) in [4.78, 5) is 19.8. The zero-order chi connectivity index (χ0) is 18.1. The first-order valence-electron chi connectivity index (χ1n) is 8.16. The Balaban J connectivity index is 2.87. The van der Waals surface area contributed by atoms with Gasteiger partial charge in [0.05, 0.1) is 7.11 Å². The van der Waals surface area contributed by atoms with Crippen molar-refractivity contribution in [1.82, 2.24) is 15.1 Å². The van der Waals surface area contributed by atoms with Gasteiger partial charge in [-0.3, -0.25) is 4.79 Å². The number of carbonyl (C=O) groups is 1. The van der Waals surface area contributed by atoms with Crippen LogP contribution in [0.2, 0.25) is 0 Å². The second-order valence-corrected chi connectivity index (χ2v) is 6.37. The van der Waals surface area contributed by atoms with Crippen LogP contribution in [-0.2, 0) is 11.3 Å². The summed E-state index contributed by atoms with van der Waals surface area (Å²) in [5.41, 5.74) is 1.07. The minimum atomic E-state index is -0.0236. The highest BCUT2D eigenvalue weighted by atomic mass is 16.5. The molecule has 0 saturated carbocycles. The lowest BCUT2D eigenvalue weighted by atomic mass is 10.2. The molecule has 0 bridgehead atoms. The van der Waals surface area contributed by atoms with Crippen LogP contribution in [0.25, 0.3) is 0 Å². The average Bonchev–Trinajstić information content (AvgIpc) is 2.54. The van der Waals surface area contributed by atoms with Crippen LogP contribution in [0.4, 0.5) is 0 Å². The molecule has 1 aromatic carbocycles. The van der Waals surface area contributed by atoms with Gasteiger partial charge in [0.2, 0.25) is 5.91 Å². The third-order valence-corrected chi connectivity index (χ3v) is 3.49. The van der Waals surface area contributed by atoms with E-state index < -0.39 is 0 Å². The summed E-state index contributed by atoms with van der Waals surface area (Å²) in [5.74, 6) is 2.02. The molecule has 0 aromatic heterocycles. The number of nitrogens with zero attached hydrogens (tertiary/aromatic N) is 3. The van der Waals surface area contributed by atoms with Crippen molar-refractivity contribution in [3.8, 4) is 5.75 Å². The van der Waals surface area contributed by atoms with E-state index >= 15 is 0 Å². The van der Waals surface area contributed by atoms with E-state index in [2.05, 4.69) is 24.2 Å². The molecule has 0 radical (unpaired) electrons. The fraction of sp³-hybridized carbons (Fsp3) is 0.556. The first kappa shape index (κ1) is 19.8. The van der Waals surface area contributed by atoms with E-state index in [0.717, 1.165) is 17.9 Å². The normalized spacial score (nSPS) is 11.4. The summed E-state index contributed by atoms with van der Waals surface area (Å²) in [6.07, 6.45) is 0. The van der Waals surface area contributed by atoms with Crippen LogP contribution in [0, 0.1) is 5.92 Å². The van der Waals surface area contributed by atoms with Crippen molar-refractivity contribution in [3.05, 3.63) is 29.8 Å². The van der Waals surface area contributed by atoms with Gasteiger partial charge in [0, 0.05) is 39.8 Å². The topological polar surface area (TPSA) is 57.2 Å². The number of hydrogen-bond donors (Lipinski definition) is 1. The summed E-state index contributed by atoms with van der Waals surface area (Å²) in [7, 11) is 7.09. The molecule has 134 valence electrons. The van der Waals surface area contributed by atoms with Gasteiger partial charge in [0.1, 0.15) is 12.3 Å². The SMILES string of the molecule is COc1ccccc1CN(C)C(=NCC(=O)N(C)C)NCC(C)C. The molecule has 0 spiro atoms. The summed E-state index contributed by atoms with van der Waals surface area (Å²) in [6.45, 7) is 5.84. The summed E-state index contributed by atoms with van der Waals surface area (Å²) in [5, 5.41) is 3.34. The van der Waals surface area contributed by atoms with Crippen molar-refractivity contribution >= 4 is 11.9 Å². The maximum Gasteiger partial charge on any atom is 0.243 e. The fourth-order valence-corrected chi connectivity index (χ4v) is 2.05. The minimum Gasteiger partial charge on any atom is -0.496 e. The Hall–Kier alpha value is -2.24. The molecular weight excluding hydrogens is 304 g/mol. The lowest BCUT2D eigenvalue weighted by Gasteiger charge is -2.24. The molecule has 0 aliphatic heterocycles. The Morgan fingerprint density at radius 2 is 1.92 bits per heavy atom. The average molecular weight is 334 g/mol. The highest BCUT2D eigenvalue weighted by Gasteiger charge is 2.12. The van der Waals surface area contributed by atoms with Gasteiger partial charge in [-0.15, -0.1) is 0 Å². The van der Waals surface area contributed by atoms with Crippen LogP contribution in [0.5, 0.6) is 5.75 Å². The van der Waals surface area contributed by atoms with Crippen molar-refractivity contribution in [2.24, 2.45) is 10.9 Å². The number of ether oxygens (including phenoxy) is 1. The zero-order valence-electron chi connectivity index (χ0n) is 15.7. The van der Waals surface area contributed by atoms with E-state index in [0.29, 0.717) is 18.4 Å². The van der Waals surface area contributed by atoms with E-state index in [-0.39, 0.29) is 12.5 Å². The first-order valence-corrected chi connectivity index (χ1v) is 8.16. The van der Waals surface area contributed by atoms with E-state index in [9.17, 15) is 4.79 Å². The number of para-hydroxylation sites is 1. The Morgan fingerprint density at radius 3 is 2.50 bits per heavy atom. The van der Waals surface area contributed by atoms with E-state index in [1.165, 1.54) is 0 Å². The highest BCUT2D eigenvalue weighted by molar-refractivity contribution is 5.84. The molecule has 1 N–H and O–H groups in total. The third kappa shape index (κ3) is 6.48. The van der Waals surface area contributed by atoms with E-state index in [1.54, 1.807) is 26.1 Å². The molecule has 1 rings (SSSR count). The van der Waals surface area contributed by atoms with Gasteiger partial charge in [0.15, 0.2) is 5.96 Å². The minimum absolute atomic E-state index is 0.0236. The van der Waals surface area contributed by atoms with Gasteiger partial charge in [-0.2, -0.15) is 0 Å². The number of carbonyl (C=O) groups excluding carboxylic acids is 1. The summed E-state index contributed by atoms with van der Waals surface area (Å²) < 4.78 is 5.41. The second kappa shape index (κ2) is 9.80. The molecule has 0 unspecified atom stereocenters. The molecule has 0 saturated heterocycles. The number of amides is 1. The number of benzene rings is 1. The molecule has 24 heavy (non-hydrogen) atoms. The molecule has 0 fully saturated rings. The summed E-state index contributed by atoms with van der Waals surface area (Å²) in [6, 6.07) is 7.90. The van der Waals surface area contributed by atoms with Crippen LogP contribution >= 0.6 is 0 Å². The zero-order valence-corrected chi connectivity index (χ0v) is 15.7. The van der Waals surface area contributed by atoms with Crippen LogP contribution in [-0.4, -0.2) is 63.0 Å². The van der Waals surface area contributed by atoms with Gasteiger partial charge in [-0.25, -0.2) is 4.99 Å². The Kier molecular flexibility index (Phi) is 8.09. The smallest absolute Gasteiger partial charge is 0.243 e. The maximum absolute atomic E-state index is 11.8. The number of aliphatic imine (C=N–C) groups is 1. The molecular formula is C18H30N4O2. The van der Waals surface area contributed by atoms with Crippen molar-refractivity contribution in [2.75, 3.05) is 41.3 Å². The van der Waals surface area contributed by atoms with Gasteiger partial charge in [-0.1, -0.05) is 32.0 Å². The number of guanidine groups is 1. The van der Waals surface area contributed by atoms with Crippen molar-refractivity contribution < 1.29 is 9.53 Å². The first-order chi connectivity index (χ1) is 11.3. The van der Waals surface area contributed by atoms with Gasteiger partial charge < -0.3 is 19.9 Å². The molecule has 0 atom stereocenters. The van der Waals surface area contributed by atoms with Gasteiger partial charge >= 0.3 is 0 Å². The van der Waals surface area contributed by atoms with E-state index in [4.69, 9.17) is 4.74 Å². The highest BCUT2D eigenvalue weighted by Crippen LogP contribution is 2.18. The largest absolute Gasteiger partial charge is 0.496 e. The molecule has 6 heteroatoms. The molecule has 1 amide bonds. The Morgan fingerprint density at radius 1 is 1.25 bits per heavy atom. The quantitative estimate of drug-likeness (QED) is 0.610. The monoisotopic (exact) mass is 334 g/mol. The van der Waals surface area contributed by atoms with Crippen LogP contribution in [0.15, 0.2) is 29.3 Å². The third-order valence-electron chi connectivity index (χ3n) is 3.49. The molecule has 6 nitrogen and oxygen atoms in total. The van der Waals surface area contributed by atoms with Crippen molar-refractivity contribution in [2.45, 2.75) is 20.4 Å². The van der Waals surface area contributed by atoms with Gasteiger partial charge in [0.25, 0.3) is 0 Å². The number of rotatable bonds is 7. The van der Waals surface area contributed by atoms with Gasteiger partial charge in [-0.05, 0) is 12.0 Å². The lowest BCUT2D eigenvalue weighted by Crippen LogP contribution is -2.41. The lowest BCUT2D eigenvalue weighted by molar-refractivity contribution is -0.127. The van der Waals surface area contributed by atoms with Crippen molar-refractivity contribution in [1.29, 1.82) is 0 Å². The fourth-order valence-electron chi connectivity index (χ4n) is 2.05. The molecule has 0 aliphatic carbocycles. The number of methoxy groups -OCH3 is 1. The summed E-state index contributed by atoms with van der Waals surface area (Å²) >= 11 is 0. The van der Waals surface area contributed by atoms with Crippen molar-refractivity contribution in [3.63, 3.8) is 0 Å². The van der Waals surface area contributed by atoms with E-state index in [1.807, 2.05) is 36.2 Å². The predicted octanol–water partition coefficient (Wildman–Crippen LogP) is 1.82. The maximum atomic E-state index is 11.8. The van der Waals surface area contributed by atoms with Crippen LogP contribution in [0.1, 0.15) is 19.4 Å². The Labute approximate surface area is 145 Å². The predicted molar refractivity (Wildman–Crippen MR) is 98.3 cm³/mol. The molecule has 1 aromatic rings. The number of likely N-dealkylation sites (N-methyl/N-ethyl adjacent to an activating group) is 1. The number of hydrogen-bond acceptors (Lipinski definition) is 3. The molecule has 0 heterocycles. The molecule has 0 aliphatic rings. The van der Waals surface area contributed by atoms with Crippen LogP contribution < -0.4 is 10.1 Å². The Bertz CT molecular complexity index is 556. The van der Waals surface area contributed by atoms with Crippen LogP contribution in [0.3, 0.4) is 0 Å². The second-order valence-electron chi connectivity index (χ2n) is 6.37. The number of nitrogens with one attached hydrogen (secondary N) is 1. The standard InChI is InChI=1S/C18H30N4O2/c1-14(2)11-19-18(20-12-17(23)21(3)4)22(5)13-15-9-7-8-10-16(15)24-6/h7-10,14H,11-13H2,1-6H3,(H,19,20).